The summed E-state index contributed by atoms with van der Waals surface area (Å²) in [6.07, 6.45) is -4.02. The Morgan fingerprint density at radius 1 is 0.962 bits per heavy atom. The third kappa shape index (κ3) is 5.79. The summed E-state index contributed by atoms with van der Waals surface area (Å²) in [4.78, 5) is 69.7. The Balaban J connectivity index is 1.03. The van der Waals surface area contributed by atoms with Crippen molar-refractivity contribution in [2.75, 3.05) is 23.4 Å². The number of alkyl halides is 3. The van der Waals surface area contributed by atoms with Crippen molar-refractivity contribution in [3.8, 4) is 5.75 Å². The molecule has 0 radical (unpaired) electrons. The van der Waals surface area contributed by atoms with Crippen molar-refractivity contribution >= 4 is 58.2 Å². The number of amides is 3. The minimum Gasteiger partial charge on any atom is -0.484 e. The molecule has 2 bridgehead atoms. The number of H-pyrrole nitrogens is 1. The van der Waals surface area contributed by atoms with Crippen LogP contribution in [0.3, 0.4) is 0 Å². The molecule has 7 atom stereocenters. The van der Waals surface area contributed by atoms with E-state index in [1.165, 1.54) is 23.9 Å². The average molecular weight is 750 g/mol. The van der Waals surface area contributed by atoms with Crippen LogP contribution in [0.25, 0.3) is 0 Å². The highest BCUT2D eigenvalue weighted by atomic mass is 32.2. The summed E-state index contributed by atoms with van der Waals surface area (Å²) in [6.45, 7) is 1.65. The van der Waals surface area contributed by atoms with Crippen LogP contribution in [0, 0.1) is 29.6 Å². The molecule has 2 saturated carbocycles. The fourth-order valence-corrected chi connectivity index (χ4v) is 11.4. The number of halogens is 3. The van der Waals surface area contributed by atoms with Crippen LogP contribution in [-0.4, -0.2) is 47.1 Å². The van der Waals surface area contributed by atoms with Crippen molar-refractivity contribution in [3.05, 3.63) is 104 Å². The van der Waals surface area contributed by atoms with Crippen molar-refractivity contribution < 1.29 is 41.8 Å². The lowest BCUT2D eigenvalue weighted by molar-refractivity contribution is -0.137. The van der Waals surface area contributed by atoms with E-state index in [0.717, 1.165) is 38.8 Å². The van der Waals surface area contributed by atoms with Gasteiger partial charge in [0.05, 0.1) is 40.3 Å². The van der Waals surface area contributed by atoms with E-state index < -0.39 is 47.3 Å². The standard InChI is InChI=1S/C37H30F3N3O7S2/c1-2-49-35(47)17-9-11-20(12-10-17)41-25(44)16-50-22-8-3-5-18(13-22)26-27-23-15-24(30(27)51-32-31(26)52-36(48)42-32)29-28(23)33(45)43(34(29)46)21-7-4-6-19(14-21)37(38,39)40/h3-14,23-24,26-30H,2,15-16H2,1H3,(H,41,44)(H,42,48)/t23-,24-,26-,27?,28?,29?,30?/m1/s1. The maximum Gasteiger partial charge on any atom is 0.416 e. The van der Waals surface area contributed by atoms with Gasteiger partial charge in [0.15, 0.2) is 6.61 Å². The van der Waals surface area contributed by atoms with Crippen LogP contribution in [-0.2, 0) is 25.3 Å². The number of benzene rings is 3. The van der Waals surface area contributed by atoms with Crippen molar-refractivity contribution in [1.82, 2.24) is 4.98 Å². The van der Waals surface area contributed by atoms with Gasteiger partial charge in [0.1, 0.15) is 5.75 Å². The number of nitrogens with one attached hydrogen (secondary N) is 2. The molecule has 0 spiro atoms. The summed E-state index contributed by atoms with van der Waals surface area (Å²) in [5.74, 6) is -3.75. The molecule has 1 aromatic heterocycles. The van der Waals surface area contributed by atoms with Gasteiger partial charge in [-0.05, 0) is 91.3 Å². The second-order valence-corrected chi connectivity index (χ2v) is 15.4. The van der Waals surface area contributed by atoms with Gasteiger partial charge in [-0.15, -0.1) is 11.8 Å². The molecule has 2 aliphatic heterocycles. The molecular formula is C37H30F3N3O7S2. The van der Waals surface area contributed by atoms with E-state index in [4.69, 9.17) is 9.47 Å². The zero-order valence-electron chi connectivity index (χ0n) is 27.3. The maximum atomic E-state index is 14.0. The number of carbonyl (C=O) groups excluding carboxylic acids is 4. The Morgan fingerprint density at radius 2 is 1.69 bits per heavy atom. The van der Waals surface area contributed by atoms with Gasteiger partial charge < -0.3 is 19.8 Å². The molecule has 4 unspecified atom stereocenters. The second-order valence-electron chi connectivity index (χ2n) is 13.2. The lowest BCUT2D eigenvalue weighted by Crippen LogP contribution is -2.42. The quantitative estimate of drug-likeness (QED) is 0.158. The highest BCUT2D eigenvalue weighted by Gasteiger charge is 2.69. The van der Waals surface area contributed by atoms with Gasteiger partial charge in [0.25, 0.3) is 5.91 Å². The smallest absolute Gasteiger partial charge is 0.416 e. The fourth-order valence-electron chi connectivity index (χ4n) is 8.51. The lowest BCUT2D eigenvalue weighted by Gasteiger charge is -2.43. The number of nitrogens with zero attached hydrogens (tertiary/aromatic N) is 1. The summed E-state index contributed by atoms with van der Waals surface area (Å²) >= 11 is 2.60. The summed E-state index contributed by atoms with van der Waals surface area (Å²) in [7, 11) is 0. The largest absolute Gasteiger partial charge is 0.484 e. The highest BCUT2D eigenvalue weighted by molar-refractivity contribution is 8.00. The van der Waals surface area contributed by atoms with Crippen molar-refractivity contribution in [3.63, 3.8) is 0 Å². The number of fused-ring (bicyclic) bond motifs is 9. The number of esters is 1. The van der Waals surface area contributed by atoms with Gasteiger partial charge >= 0.3 is 17.0 Å². The second kappa shape index (κ2) is 13.0. The molecule has 4 aliphatic rings. The number of ether oxygens (including phenoxy) is 2. The van der Waals surface area contributed by atoms with Crippen LogP contribution in [0.5, 0.6) is 5.75 Å². The third-order valence-electron chi connectivity index (χ3n) is 10.4. The lowest BCUT2D eigenvalue weighted by atomic mass is 9.68. The topological polar surface area (TPSA) is 135 Å². The molecule has 52 heavy (non-hydrogen) atoms. The number of carbonyl (C=O) groups is 4. The molecule has 3 heterocycles. The van der Waals surface area contributed by atoms with E-state index in [2.05, 4.69) is 10.3 Å². The van der Waals surface area contributed by atoms with Gasteiger partial charge in [-0.1, -0.05) is 29.5 Å². The predicted molar refractivity (Wildman–Crippen MR) is 185 cm³/mol. The monoisotopic (exact) mass is 749 g/mol. The first-order valence-electron chi connectivity index (χ1n) is 16.7. The summed E-state index contributed by atoms with van der Waals surface area (Å²) < 4.78 is 51.5. The number of thiazole rings is 1. The van der Waals surface area contributed by atoms with Crippen molar-refractivity contribution in [2.45, 2.75) is 35.7 Å². The number of aromatic amines is 1. The van der Waals surface area contributed by atoms with Gasteiger partial charge in [-0.3, -0.25) is 24.1 Å². The van der Waals surface area contributed by atoms with Crippen LogP contribution < -0.4 is 19.8 Å². The van der Waals surface area contributed by atoms with Crippen LogP contribution in [0.2, 0.25) is 0 Å². The summed E-state index contributed by atoms with van der Waals surface area (Å²) in [5, 5.41) is 3.31. The van der Waals surface area contributed by atoms with Crippen LogP contribution in [0.1, 0.15) is 45.6 Å². The van der Waals surface area contributed by atoms with Crippen molar-refractivity contribution in [1.29, 1.82) is 0 Å². The van der Waals surface area contributed by atoms with Crippen LogP contribution in [0.4, 0.5) is 24.5 Å². The number of hydrogen-bond acceptors (Lipinski definition) is 9. The molecule has 268 valence electrons. The van der Waals surface area contributed by atoms with E-state index in [0.29, 0.717) is 28.4 Å². The van der Waals surface area contributed by atoms with E-state index in [-0.39, 0.29) is 52.7 Å². The molecule has 3 fully saturated rings. The summed E-state index contributed by atoms with van der Waals surface area (Å²) in [6, 6.07) is 17.8. The van der Waals surface area contributed by atoms with Crippen LogP contribution >= 0.6 is 23.1 Å². The fraction of sp³-hybridized carbons (Fsp3) is 0.324. The van der Waals surface area contributed by atoms with E-state index in [1.807, 2.05) is 12.1 Å². The molecule has 4 aromatic rings. The number of imide groups is 1. The number of rotatable bonds is 8. The van der Waals surface area contributed by atoms with Crippen LogP contribution in [0.15, 0.2) is 82.6 Å². The molecule has 10 nitrogen and oxygen atoms in total. The molecule has 2 N–H and O–H groups in total. The van der Waals surface area contributed by atoms with E-state index in [1.54, 1.807) is 43.3 Å². The zero-order valence-corrected chi connectivity index (χ0v) is 29.0. The Kier molecular flexibility index (Phi) is 8.52. The molecule has 15 heteroatoms. The molecule has 3 amide bonds. The molecule has 1 saturated heterocycles. The van der Waals surface area contributed by atoms with Crippen molar-refractivity contribution in [2.24, 2.45) is 29.6 Å². The van der Waals surface area contributed by atoms with Gasteiger partial charge in [0.2, 0.25) is 11.8 Å². The normalized spacial score (nSPS) is 25.8. The third-order valence-corrected chi connectivity index (χ3v) is 13.0. The molecule has 2 aliphatic carbocycles. The van der Waals surface area contributed by atoms with E-state index in [9.17, 15) is 37.1 Å². The Hall–Kier alpha value is -4.89. The number of aromatic nitrogens is 1. The molecule has 3 aromatic carbocycles. The van der Waals surface area contributed by atoms with Gasteiger partial charge in [-0.2, -0.15) is 13.2 Å². The zero-order chi connectivity index (χ0) is 36.5. The Labute approximate surface area is 302 Å². The maximum absolute atomic E-state index is 14.0. The Morgan fingerprint density at radius 3 is 2.42 bits per heavy atom. The first kappa shape index (κ1) is 34.2. The Bertz CT molecular complexity index is 2170. The minimum atomic E-state index is -4.63. The SMILES string of the molecule is CCOC(=O)c1ccc(NC(=O)COc2cccc([C@H]3c4sc(=O)[nH]c4SC4C3[C@H]3C[C@@H]4C4C(=O)N(c5cccc(C(F)(F)F)c5)C(=O)C43)c2)cc1. The average Bonchev–Trinajstić information content (AvgIpc) is 3.86. The minimum absolute atomic E-state index is 0.0863. The molecular weight excluding hydrogens is 720 g/mol. The number of hydrogen-bond donors (Lipinski definition) is 2. The van der Waals surface area contributed by atoms with Gasteiger partial charge in [0, 0.05) is 21.7 Å². The number of thioether (sulfide) groups is 1. The highest BCUT2D eigenvalue weighted by Crippen LogP contribution is 2.68. The molecule has 8 rings (SSSR count). The van der Waals surface area contributed by atoms with E-state index >= 15 is 0 Å². The first-order chi connectivity index (χ1) is 24.9. The first-order valence-corrected chi connectivity index (χ1v) is 18.4. The van der Waals surface area contributed by atoms with Gasteiger partial charge in [-0.25, -0.2) is 4.79 Å². The summed E-state index contributed by atoms with van der Waals surface area (Å²) in [5.41, 5.74) is 0.617. The number of anilines is 2. The predicted octanol–water partition coefficient (Wildman–Crippen LogP) is 6.33.